The van der Waals surface area contributed by atoms with E-state index in [1.165, 1.54) is 7.11 Å². The molecule has 2 unspecified atom stereocenters. The Balaban J connectivity index is 1.83. The van der Waals surface area contributed by atoms with Crippen LogP contribution >= 0.6 is 0 Å². The van der Waals surface area contributed by atoms with Gasteiger partial charge in [-0.05, 0) is 47.0 Å². The van der Waals surface area contributed by atoms with Crippen molar-refractivity contribution in [3.63, 3.8) is 0 Å². The molecular formula is C24H33N5O6. The van der Waals surface area contributed by atoms with Crippen molar-refractivity contribution in [3.8, 4) is 5.88 Å². The molecule has 1 saturated carbocycles. The van der Waals surface area contributed by atoms with Gasteiger partial charge in [0.25, 0.3) is 0 Å². The molecule has 0 radical (unpaired) electrons. The average molecular weight is 488 g/mol. The smallest absolute Gasteiger partial charge is 0.410 e. The summed E-state index contributed by atoms with van der Waals surface area (Å²) >= 11 is 0. The fourth-order valence-corrected chi connectivity index (χ4v) is 5.05. The standard InChI is InChI=1S/C24H33N5O6/c1-7-14-19(27-10-11-28(16-9-8-15(16)27)23(33)35-24(3,4)5)20(32)18-21(29(14)12-17(30)31)25-13(2)22(26-18)34-6/h15-16H,7-12H2,1-6H3,(H,30,31). The van der Waals surface area contributed by atoms with E-state index < -0.39 is 11.6 Å². The van der Waals surface area contributed by atoms with Crippen molar-refractivity contribution in [2.75, 3.05) is 25.1 Å². The van der Waals surface area contributed by atoms with Gasteiger partial charge in [0.2, 0.25) is 11.3 Å². The zero-order chi connectivity index (χ0) is 25.7. The molecule has 1 aliphatic carbocycles. The zero-order valence-corrected chi connectivity index (χ0v) is 21.1. The van der Waals surface area contributed by atoms with E-state index in [0.29, 0.717) is 36.6 Å². The van der Waals surface area contributed by atoms with Crippen molar-refractivity contribution >= 4 is 28.9 Å². The second kappa shape index (κ2) is 9.01. The Bertz CT molecular complexity index is 1230. The minimum absolute atomic E-state index is 0.0645. The molecule has 190 valence electrons. The predicted molar refractivity (Wildman–Crippen MR) is 129 cm³/mol. The maximum absolute atomic E-state index is 13.8. The lowest BCUT2D eigenvalue weighted by Gasteiger charge is -2.54. The van der Waals surface area contributed by atoms with E-state index in [1.807, 2.05) is 32.6 Å². The van der Waals surface area contributed by atoms with Crippen molar-refractivity contribution in [2.45, 2.75) is 78.1 Å². The van der Waals surface area contributed by atoms with Gasteiger partial charge in [-0.15, -0.1) is 0 Å². The fourth-order valence-electron chi connectivity index (χ4n) is 5.05. The van der Waals surface area contributed by atoms with Crippen LogP contribution in [0.4, 0.5) is 10.5 Å². The minimum Gasteiger partial charge on any atom is -0.480 e. The number of carbonyl (C=O) groups is 2. The van der Waals surface area contributed by atoms with Crippen LogP contribution < -0.4 is 15.1 Å². The van der Waals surface area contributed by atoms with Crippen LogP contribution in [0.1, 0.15) is 51.9 Å². The van der Waals surface area contributed by atoms with Crippen LogP contribution in [0.2, 0.25) is 0 Å². The molecule has 4 rings (SSSR count). The highest BCUT2D eigenvalue weighted by Crippen LogP contribution is 2.38. The molecule has 1 aliphatic heterocycles. The molecule has 0 spiro atoms. The second-order valence-electron chi connectivity index (χ2n) is 10.0. The van der Waals surface area contributed by atoms with Crippen molar-refractivity contribution in [1.82, 2.24) is 19.4 Å². The predicted octanol–water partition coefficient (Wildman–Crippen LogP) is 2.34. The van der Waals surface area contributed by atoms with E-state index in [0.717, 1.165) is 12.8 Å². The third kappa shape index (κ3) is 4.39. The van der Waals surface area contributed by atoms with Crippen LogP contribution in [0.15, 0.2) is 4.79 Å². The highest BCUT2D eigenvalue weighted by Gasteiger charge is 2.47. The lowest BCUT2D eigenvalue weighted by atomic mass is 9.81. The van der Waals surface area contributed by atoms with Gasteiger partial charge >= 0.3 is 12.1 Å². The van der Waals surface area contributed by atoms with E-state index in [9.17, 15) is 19.5 Å². The van der Waals surface area contributed by atoms with Gasteiger partial charge in [-0.25, -0.2) is 14.8 Å². The number of fused-ring (bicyclic) bond motifs is 2. The number of carboxylic acids is 1. The Morgan fingerprint density at radius 3 is 2.37 bits per heavy atom. The van der Waals surface area contributed by atoms with E-state index in [4.69, 9.17) is 9.47 Å². The molecule has 2 aromatic heterocycles. The maximum Gasteiger partial charge on any atom is 0.410 e. The first kappa shape index (κ1) is 24.7. The van der Waals surface area contributed by atoms with Gasteiger partial charge in [-0.1, -0.05) is 6.92 Å². The third-order valence-corrected chi connectivity index (χ3v) is 6.61. The number of aliphatic carboxylic acids is 1. The molecule has 1 N–H and O–H groups in total. The number of carbonyl (C=O) groups excluding carboxylic acids is 1. The van der Waals surface area contributed by atoms with E-state index >= 15 is 0 Å². The van der Waals surface area contributed by atoms with Gasteiger partial charge in [0.1, 0.15) is 23.5 Å². The van der Waals surface area contributed by atoms with Crippen LogP contribution in [-0.4, -0.2) is 74.5 Å². The van der Waals surface area contributed by atoms with Gasteiger partial charge in [0.05, 0.1) is 13.2 Å². The van der Waals surface area contributed by atoms with E-state index in [2.05, 4.69) is 9.97 Å². The Labute approximate surface area is 203 Å². The molecule has 0 bridgehead atoms. The average Bonchev–Trinajstić information content (AvgIpc) is 2.74. The van der Waals surface area contributed by atoms with E-state index in [-0.39, 0.29) is 47.2 Å². The van der Waals surface area contributed by atoms with Crippen molar-refractivity contribution in [3.05, 3.63) is 21.6 Å². The molecule has 35 heavy (non-hydrogen) atoms. The van der Waals surface area contributed by atoms with Crippen LogP contribution in [0.3, 0.4) is 0 Å². The van der Waals surface area contributed by atoms with Crippen LogP contribution in [0, 0.1) is 6.92 Å². The Morgan fingerprint density at radius 1 is 1.14 bits per heavy atom. The lowest BCUT2D eigenvalue weighted by molar-refractivity contribution is -0.137. The van der Waals surface area contributed by atoms with Crippen LogP contribution in [0.5, 0.6) is 5.88 Å². The van der Waals surface area contributed by atoms with Crippen molar-refractivity contribution in [1.29, 1.82) is 0 Å². The molecule has 1 amide bonds. The van der Waals surface area contributed by atoms with Gasteiger partial charge in [0, 0.05) is 24.8 Å². The summed E-state index contributed by atoms with van der Waals surface area (Å²) in [7, 11) is 1.45. The Morgan fingerprint density at radius 2 is 1.83 bits per heavy atom. The van der Waals surface area contributed by atoms with Crippen LogP contribution in [0.25, 0.3) is 11.2 Å². The monoisotopic (exact) mass is 487 g/mol. The highest BCUT2D eigenvalue weighted by atomic mass is 16.6. The summed E-state index contributed by atoms with van der Waals surface area (Å²) in [6.45, 7) is 9.59. The number of amides is 1. The molecule has 3 heterocycles. The number of hydrogen-bond donors (Lipinski definition) is 1. The molecule has 11 heteroatoms. The summed E-state index contributed by atoms with van der Waals surface area (Å²) in [5.74, 6) is -0.815. The lowest BCUT2D eigenvalue weighted by Crippen LogP contribution is -2.67. The number of rotatable bonds is 5. The quantitative estimate of drug-likeness (QED) is 0.676. The normalized spacial score (nSPS) is 19.8. The minimum atomic E-state index is -1.04. The van der Waals surface area contributed by atoms with Gasteiger partial charge < -0.3 is 28.9 Å². The molecule has 0 aromatic carbocycles. The number of piperazine rings is 1. The van der Waals surface area contributed by atoms with Gasteiger partial charge in [0.15, 0.2) is 11.2 Å². The largest absolute Gasteiger partial charge is 0.480 e. The van der Waals surface area contributed by atoms with E-state index in [1.54, 1.807) is 16.4 Å². The second-order valence-corrected chi connectivity index (χ2v) is 10.0. The summed E-state index contributed by atoms with van der Waals surface area (Å²) in [5, 5.41) is 9.64. The summed E-state index contributed by atoms with van der Waals surface area (Å²) in [5.41, 5.74) is 0.904. The van der Waals surface area contributed by atoms with Crippen molar-refractivity contribution in [2.24, 2.45) is 0 Å². The Hall–Kier alpha value is -3.37. The zero-order valence-electron chi connectivity index (χ0n) is 21.1. The molecule has 11 nitrogen and oxygen atoms in total. The van der Waals surface area contributed by atoms with Gasteiger partial charge in [-0.2, -0.15) is 0 Å². The number of nitrogens with zero attached hydrogens (tertiary/aromatic N) is 5. The summed E-state index contributed by atoms with van der Waals surface area (Å²) in [6.07, 6.45) is 1.71. The number of carboxylic acid groups (broad SMARTS) is 1. The first-order valence-corrected chi connectivity index (χ1v) is 11.9. The molecule has 1 saturated heterocycles. The summed E-state index contributed by atoms with van der Waals surface area (Å²) < 4.78 is 12.5. The van der Waals surface area contributed by atoms with Crippen molar-refractivity contribution < 1.29 is 24.2 Å². The number of aromatic nitrogens is 3. The summed E-state index contributed by atoms with van der Waals surface area (Å²) in [6, 6.07) is -0.143. The molecular weight excluding hydrogens is 454 g/mol. The van der Waals surface area contributed by atoms with Gasteiger partial charge in [-0.3, -0.25) is 9.59 Å². The fraction of sp³-hybridized carbons (Fsp3) is 0.625. The number of ether oxygens (including phenoxy) is 2. The first-order chi connectivity index (χ1) is 16.5. The summed E-state index contributed by atoms with van der Waals surface area (Å²) in [4.78, 5) is 51.1. The number of hydrogen-bond acceptors (Lipinski definition) is 8. The number of methoxy groups -OCH3 is 1. The number of aryl methyl sites for hydroxylation is 1. The third-order valence-electron chi connectivity index (χ3n) is 6.61. The molecule has 2 aromatic rings. The SMILES string of the molecule is CCc1c(N2CCN(C(=O)OC(C)(C)C)C3CCC32)c(=O)c2nc(OC)c(C)nc2n1CC(=O)O. The number of anilines is 1. The number of pyridine rings is 1. The Kier molecular flexibility index (Phi) is 6.37. The highest BCUT2D eigenvalue weighted by molar-refractivity contribution is 5.80. The maximum atomic E-state index is 13.8. The molecule has 2 aliphatic rings. The topological polar surface area (TPSA) is 127 Å². The first-order valence-electron chi connectivity index (χ1n) is 11.9. The van der Waals surface area contributed by atoms with Crippen LogP contribution in [-0.2, 0) is 22.5 Å². The molecule has 2 atom stereocenters. The molecule has 2 fully saturated rings.